The van der Waals surface area contributed by atoms with E-state index >= 15 is 0 Å². The maximum atomic E-state index is 11.6. The summed E-state index contributed by atoms with van der Waals surface area (Å²) in [5.74, 6) is -0.805. The fourth-order valence-electron chi connectivity index (χ4n) is 1.59. The number of hydrogen-bond acceptors (Lipinski definition) is 3. The molecule has 1 N–H and O–H groups in total. The molecule has 0 unspecified atom stereocenters. The molecule has 2 rings (SSSR count). The van der Waals surface area contributed by atoms with Crippen molar-refractivity contribution in [2.45, 2.75) is 31.9 Å². The van der Waals surface area contributed by atoms with Gasteiger partial charge in [0.15, 0.2) is 6.10 Å². The summed E-state index contributed by atoms with van der Waals surface area (Å²) in [6.07, 6.45) is 4.10. The standard InChI is InChI=1S/C15H16ClNO3/c1-10(15(19)17-13-6-7-13)20-14(18)8-5-11-3-2-4-12(16)9-11/h2-5,8-10,13H,6-7H2,1H3,(H,17,19)/b8-5+/t10-/m0/s1. The largest absolute Gasteiger partial charge is 0.449 e. The van der Waals surface area contributed by atoms with Crippen molar-refractivity contribution in [1.82, 2.24) is 5.32 Å². The molecular formula is C15H16ClNO3. The number of carbonyl (C=O) groups is 2. The normalized spacial score (nSPS) is 15.9. The van der Waals surface area contributed by atoms with Crippen LogP contribution in [0.3, 0.4) is 0 Å². The van der Waals surface area contributed by atoms with Crippen LogP contribution in [0, 0.1) is 0 Å². The lowest BCUT2D eigenvalue weighted by Crippen LogP contribution is -2.36. The van der Waals surface area contributed by atoms with Gasteiger partial charge in [-0.25, -0.2) is 4.79 Å². The third-order valence-electron chi connectivity index (χ3n) is 2.85. The number of nitrogens with one attached hydrogen (secondary N) is 1. The van der Waals surface area contributed by atoms with E-state index in [9.17, 15) is 9.59 Å². The second kappa shape index (κ2) is 6.57. The molecule has 1 aromatic carbocycles. The van der Waals surface area contributed by atoms with Crippen LogP contribution < -0.4 is 5.32 Å². The van der Waals surface area contributed by atoms with E-state index in [2.05, 4.69) is 5.32 Å². The van der Waals surface area contributed by atoms with Gasteiger partial charge in [0.1, 0.15) is 0 Å². The highest BCUT2D eigenvalue weighted by Gasteiger charge is 2.26. The van der Waals surface area contributed by atoms with E-state index in [0.29, 0.717) is 5.02 Å². The van der Waals surface area contributed by atoms with Gasteiger partial charge in [0.25, 0.3) is 5.91 Å². The lowest BCUT2D eigenvalue weighted by molar-refractivity contribution is -0.150. The molecule has 1 atom stereocenters. The number of hydrogen-bond donors (Lipinski definition) is 1. The second-order valence-corrected chi connectivity index (χ2v) is 5.19. The van der Waals surface area contributed by atoms with Crippen molar-refractivity contribution in [3.63, 3.8) is 0 Å². The summed E-state index contributed by atoms with van der Waals surface area (Å²) in [4.78, 5) is 23.2. The molecule has 4 nitrogen and oxygen atoms in total. The van der Waals surface area contributed by atoms with E-state index in [-0.39, 0.29) is 11.9 Å². The Labute approximate surface area is 122 Å². The Balaban J connectivity index is 1.83. The van der Waals surface area contributed by atoms with Crippen molar-refractivity contribution in [1.29, 1.82) is 0 Å². The Morgan fingerprint density at radius 2 is 2.20 bits per heavy atom. The molecule has 0 spiro atoms. The molecule has 20 heavy (non-hydrogen) atoms. The van der Waals surface area contributed by atoms with Crippen LogP contribution in [-0.4, -0.2) is 24.0 Å². The summed E-state index contributed by atoms with van der Waals surface area (Å²) in [6, 6.07) is 7.35. The average Bonchev–Trinajstić information content (AvgIpc) is 3.20. The van der Waals surface area contributed by atoms with Gasteiger partial charge in [-0.2, -0.15) is 0 Å². The fraction of sp³-hybridized carbons (Fsp3) is 0.333. The van der Waals surface area contributed by atoms with E-state index in [4.69, 9.17) is 16.3 Å². The van der Waals surface area contributed by atoms with E-state index in [0.717, 1.165) is 18.4 Å². The lowest BCUT2D eigenvalue weighted by Gasteiger charge is -2.11. The Kier molecular flexibility index (Phi) is 4.79. The van der Waals surface area contributed by atoms with Gasteiger partial charge in [-0.3, -0.25) is 4.79 Å². The van der Waals surface area contributed by atoms with E-state index < -0.39 is 12.1 Å². The van der Waals surface area contributed by atoms with Gasteiger partial charge in [-0.05, 0) is 43.5 Å². The monoisotopic (exact) mass is 293 g/mol. The third-order valence-corrected chi connectivity index (χ3v) is 3.08. The first-order valence-electron chi connectivity index (χ1n) is 6.49. The molecule has 1 aliphatic rings. The van der Waals surface area contributed by atoms with Gasteiger partial charge >= 0.3 is 5.97 Å². The first-order chi connectivity index (χ1) is 9.54. The van der Waals surface area contributed by atoms with Crippen LogP contribution >= 0.6 is 11.6 Å². The van der Waals surface area contributed by atoms with Gasteiger partial charge in [-0.15, -0.1) is 0 Å². The average molecular weight is 294 g/mol. The predicted molar refractivity (Wildman–Crippen MR) is 77.2 cm³/mol. The van der Waals surface area contributed by atoms with Crippen molar-refractivity contribution in [2.75, 3.05) is 0 Å². The van der Waals surface area contributed by atoms with Gasteiger partial charge in [0, 0.05) is 17.1 Å². The molecule has 5 heteroatoms. The van der Waals surface area contributed by atoms with Crippen LogP contribution in [-0.2, 0) is 14.3 Å². The smallest absolute Gasteiger partial charge is 0.331 e. The molecule has 106 valence electrons. The maximum Gasteiger partial charge on any atom is 0.331 e. The molecule has 1 aliphatic carbocycles. The number of ether oxygens (including phenoxy) is 1. The minimum atomic E-state index is -0.785. The fourth-order valence-corrected chi connectivity index (χ4v) is 1.79. The summed E-state index contributed by atoms with van der Waals surface area (Å²) in [5, 5.41) is 3.38. The van der Waals surface area contributed by atoms with Crippen LogP contribution in [0.15, 0.2) is 30.3 Å². The topological polar surface area (TPSA) is 55.4 Å². The second-order valence-electron chi connectivity index (χ2n) is 4.75. The van der Waals surface area contributed by atoms with Crippen LogP contribution in [0.5, 0.6) is 0 Å². The molecule has 0 radical (unpaired) electrons. The first-order valence-corrected chi connectivity index (χ1v) is 6.87. The predicted octanol–water partition coefficient (Wildman–Crippen LogP) is 2.56. The number of halogens is 1. The minimum absolute atomic E-state index is 0.253. The van der Waals surface area contributed by atoms with Crippen molar-refractivity contribution in [3.8, 4) is 0 Å². The molecule has 0 aromatic heterocycles. The van der Waals surface area contributed by atoms with E-state index in [1.54, 1.807) is 31.2 Å². The summed E-state index contributed by atoms with van der Waals surface area (Å²) in [6.45, 7) is 1.56. The third kappa shape index (κ3) is 4.70. The SMILES string of the molecule is C[C@H](OC(=O)/C=C/c1cccc(Cl)c1)C(=O)NC1CC1. The zero-order valence-electron chi connectivity index (χ0n) is 11.1. The summed E-state index contributed by atoms with van der Waals surface area (Å²) < 4.78 is 5.02. The highest BCUT2D eigenvalue weighted by molar-refractivity contribution is 6.30. The highest BCUT2D eigenvalue weighted by Crippen LogP contribution is 2.18. The zero-order valence-corrected chi connectivity index (χ0v) is 11.9. The van der Waals surface area contributed by atoms with Crippen molar-refractivity contribution < 1.29 is 14.3 Å². The van der Waals surface area contributed by atoms with Crippen LogP contribution in [0.2, 0.25) is 5.02 Å². The Bertz CT molecular complexity index is 538. The quantitative estimate of drug-likeness (QED) is 0.670. The van der Waals surface area contributed by atoms with Gasteiger partial charge < -0.3 is 10.1 Å². The zero-order chi connectivity index (χ0) is 14.5. The number of esters is 1. The summed E-state index contributed by atoms with van der Waals surface area (Å²) in [7, 11) is 0. The van der Waals surface area contributed by atoms with Crippen molar-refractivity contribution in [3.05, 3.63) is 40.9 Å². The van der Waals surface area contributed by atoms with Gasteiger partial charge in [-0.1, -0.05) is 23.7 Å². The van der Waals surface area contributed by atoms with Gasteiger partial charge in [0.2, 0.25) is 0 Å². The lowest BCUT2D eigenvalue weighted by atomic mass is 10.2. The Morgan fingerprint density at radius 3 is 2.85 bits per heavy atom. The first kappa shape index (κ1) is 14.6. The Morgan fingerprint density at radius 1 is 1.45 bits per heavy atom. The molecular weight excluding hydrogens is 278 g/mol. The minimum Gasteiger partial charge on any atom is -0.449 e. The summed E-state index contributed by atoms with van der Waals surface area (Å²) >= 11 is 5.84. The van der Waals surface area contributed by atoms with Crippen LogP contribution in [0.1, 0.15) is 25.3 Å². The molecule has 0 aliphatic heterocycles. The van der Waals surface area contributed by atoms with Crippen LogP contribution in [0.25, 0.3) is 6.08 Å². The Hall–Kier alpha value is -1.81. The van der Waals surface area contributed by atoms with Gasteiger partial charge in [0.05, 0.1) is 0 Å². The highest BCUT2D eigenvalue weighted by atomic mass is 35.5. The molecule has 0 saturated heterocycles. The summed E-state index contributed by atoms with van der Waals surface area (Å²) in [5.41, 5.74) is 0.796. The number of benzene rings is 1. The molecule has 0 heterocycles. The van der Waals surface area contributed by atoms with Crippen LogP contribution in [0.4, 0.5) is 0 Å². The number of rotatable bonds is 5. The molecule has 1 aromatic rings. The maximum absolute atomic E-state index is 11.6. The molecule has 1 saturated carbocycles. The van der Waals surface area contributed by atoms with Crippen molar-refractivity contribution in [2.24, 2.45) is 0 Å². The van der Waals surface area contributed by atoms with Crippen molar-refractivity contribution >= 4 is 29.6 Å². The van der Waals surface area contributed by atoms with E-state index in [1.807, 2.05) is 6.07 Å². The molecule has 1 fully saturated rings. The van der Waals surface area contributed by atoms with E-state index in [1.165, 1.54) is 6.08 Å². The molecule has 0 bridgehead atoms. The number of carbonyl (C=O) groups excluding carboxylic acids is 2. The molecule has 1 amide bonds. The number of amides is 1.